The van der Waals surface area contributed by atoms with Gasteiger partial charge in [-0.3, -0.25) is 0 Å². The van der Waals surface area contributed by atoms with Crippen molar-refractivity contribution in [2.45, 2.75) is 29.9 Å². The average Bonchev–Trinajstić information content (AvgIpc) is 2.14. The van der Waals surface area contributed by atoms with Crippen molar-refractivity contribution in [3.05, 3.63) is 12.2 Å². The highest BCUT2D eigenvalue weighted by Crippen LogP contribution is 2.56. The molecular formula is C7H3F9. The van der Waals surface area contributed by atoms with E-state index >= 15 is 0 Å². The number of alkyl halides is 9. The van der Waals surface area contributed by atoms with Gasteiger partial charge in [0.15, 0.2) is 6.17 Å². The lowest BCUT2D eigenvalue weighted by Gasteiger charge is -2.34. The molecule has 0 amide bonds. The Hall–Kier alpha value is -0.890. The number of hydrogen-bond acceptors (Lipinski definition) is 0. The maximum Gasteiger partial charge on any atom is 0.382 e. The molecule has 1 aliphatic rings. The van der Waals surface area contributed by atoms with Crippen molar-refractivity contribution in [3.8, 4) is 0 Å². The zero-order valence-electron chi connectivity index (χ0n) is 7.13. The monoisotopic (exact) mass is 258 g/mol. The number of hydrogen-bond donors (Lipinski definition) is 0. The predicted octanol–water partition coefficient (Wildman–Crippen LogP) is 3.44. The molecule has 0 aromatic rings. The van der Waals surface area contributed by atoms with Gasteiger partial charge in [-0.05, 0) is 12.2 Å². The van der Waals surface area contributed by atoms with Crippen LogP contribution in [-0.4, -0.2) is 29.9 Å². The number of allylic oxidation sites excluding steroid dienone is 2. The first kappa shape index (κ1) is 13.2. The summed E-state index contributed by atoms with van der Waals surface area (Å²) in [5.41, 5.74) is 0. The van der Waals surface area contributed by atoms with Crippen LogP contribution in [0.5, 0.6) is 0 Å². The van der Waals surface area contributed by atoms with Gasteiger partial charge in [0.05, 0.1) is 0 Å². The Morgan fingerprint density at radius 2 is 1.19 bits per heavy atom. The van der Waals surface area contributed by atoms with Crippen LogP contribution in [0, 0.1) is 0 Å². The van der Waals surface area contributed by atoms with E-state index in [1.165, 1.54) is 0 Å². The molecule has 1 rings (SSSR count). The van der Waals surface area contributed by atoms with Gasteiger partial charge in [0, 0.05) is 0 Å². The summed E-state index contributed by atoms with van der Waals surface area (Å²) in [5, 5.41) is 0. The van der Waals surface area contributed by atoms with E-state index in [2.05, 4.69) is 0 Å². The van der Waals surface area contributed by atoms with Gasteiger partial charge in [0.25, 0.3) is 0 Å². The maximum absolute atomic E-state index is 12.5. The molecule has 1 atom stereocenters. The largest absolute Gasteiger partial charge is 0.382 e. The van der Waals surface area contributed by atoms with Gasteiger partial charge in [-0.25, -0.2) is 4.39 Å². The SMILES string of the molecule is FC1C=CC(F)(F)C(F)(F)C(F)(F)C1(F)F. The van der Waals surface area contributed by atoms with Crippen LogP contribution in [0.2, 0.25) is 0 Å². The highest BCUT2D eigenvalue weighted by atomic mass is 19.4. The molecule has 1 unspecified atom stereocenters. The fraction of sp³-hybridized carbons (Fsp3) is 0.714. The first-order chi connectivity index (χ1) is 6.88. The summed E-state index contributed by atoms with van der Waals surface area (Å²) in [4.78, 5) is 0. The molecule has 1 aliphatic carbocycles. The van der Waals surface area contributed by atoms with Gasteiger partial charge in [0.1, 0.15) is 0 Å². The third-order valence-electron chi connectivity index (χ3n) is 2.05. The molecule has 9 heteroatoms. The van der Waals surface area contributed by atoms with E-state index < -0.39 is 42.0 Å². The molecule has 0 nitrogen and oxygen atoms in total. The molecule has 0 saturated heterocycles. The summed E-state index contributed by atoms with van der Waals surface area (Å²) in [5.74, 6) is -24.3. The molecule has 0 aromatic heterocycles. The van der Waals surface area contributed by atoms with Crippen LogP contribution in [0.25, 0.3) is 0 Å². The van der Waals surface area contributed by atoms with E-state index in [1.54, 1.807) is 0 Å². The second kappa shape index (κ2) is 3.07. The average molecular weight is 258 g/mol. The topological polar surface area (TPSA) is 0 Å². The van der Waals surface area contributed by atoms with E-state index in [4.69, 9.17) is 0 Å². The van der Waals surface area contributed by atoms with Gasteiger partial charge in [0.2, 0.25) is 0 Å². The number of halogens is 9. The van der Waals surface area contributed by atoms with Crippen molar-refractivity contribution < 1.29 is 39.5 Å². The Morgan fingerprint density at radius 3 is 1.62 bits per heavy atom. The second-order valence-electron chi connectivity index (χ2n) is 3.16. The Balaban J connectivity index is 3.44. The van der Waals surface area contributed by atoms with Crippen molar-refractivity contribution >= 4 is 0 Å². The van der Waals surface area contributed by atoms with E-state index in [1.807, 2.05) is 0 Å². The van der Waals surface area contributed by atoms with Gasteiger partial charge in [-0.15, -0.1) is 0 Å². The molecule has 16 heavy (non-hydrogen) atoms. The van der Waals surface area contributed by atoms with Crippen molar-refractivity contribution in [1.29, 1.82) is 0 Å². The molecular weight excluding hydrogens is 255 g/mol. The van der Waals surface area contributed by atoms with E-state index in [0.29, 0.717) is 0 Å². The molecule has 0 aliphatic heterocycles. The Labute approximate surface area is 82.7 Å². The Bertz CT molecular complexity index is 316. The number of rotatable bonds is 0. The fourth-order valence-corrected chi connectivity index (χ4v) is 1.02. The van der Waals surface area contributed by atoms with Gasteiger partial charge >= 0.3 is 23.7 Å². The van der Waals surface area contributed by atoms with Crippen LogP contribution in [0.4, 0.5) is 39.5 Å². The van der Waals surface area contributed by atoms with Gasteiger partial charge in [-0.2, -0.15) is 35.1 Å². The molecule has 94 valence electrons. The summed E-state index contributed by atoms with van der Waals surface area (Å²) in [6, 6.07) is 0. The first-order valence-electron chi connectivity index (χ1n) is 3.72. The van der Waals surface area contributed by atoms with Crippen molar-refractivity contribution in [3.63, 3.8) is 0 Å². The molecule has 0 radical (unpaired) electrons. The molecule has 0 fully saturated rings. The Morgan fingerprint density at radius 1 is 0.750 bits per heavy atom. The highest BCUT2D eigenvalue weighted by molar-refractivity contribution is 5.20. The standard InChI is InChI=1S/C7H3F9/c8-3-1-2-4(9,10)6(13,14)7(15,16)5(3,11)12/h1-3H. The van der Waals surface area contributed by atoms with Gasteiger partial charge in [-0.1, -0.05) is 0 Å². The van der Waals surface area contributed by atoms with Crippen LogP contribution in [-0.2, 0) is 0 Å². The summed E-state index contributed by atoms with van der Waals surface area (Å²) in [6.45, 7) is 0. The van der Waals surface area contributed by atoms with Crippen LogP contribution in [0.1, 0.15) is 0 Å². The minimum atomic E-state index is -6.49. The summed E-state index contributed by atoms with van der Waals surface area (Å²) < 4.78 is 112. The van der Waals surface area contributed by atoms with Crippen molar-refractivity contribution in [1.82, 2.24) is 0 Å². The van der Waals surface area contributed by atoms with Gasteiger partial charge < -0.3 is 0 Å². The molecule has 0 spiro atoms. The lowest BCUT2D eigenvalue weighted by Crippen LogP contribution is -2.62. The quantitative estimate of drug-likeness (QED) is 0.461. The first-order valence-corrected chi connectivity index (χ1v) is 3.72. The summed E-state index contributed by atoms with van der Waals surface area (Å²) in [7, 11) is 0. The summed E-state index contributed by atoms with van der Waals surface area (Å²) >= 11 is 0. The molecule has 0 N–H and O–H groups in total. The molecule has 0 bridgehead atoms. The zero-order chi connectivity index (χ0) is 13.0. The molecule has 0 aromatic carbocycles. The van der Waals surface area contributed by atoms with Crippen LogP contribution in [0.15, 0.2) is 12.2 Å². The van der Waals surface area contributed by atoms with Crippen LogP contribution in [0.3, 0.4) is 0 Å². The second-order valence-corrected chi connectivity index (χ2v) is 3.16. The van der Waals surface area contributed by atoms with E-state index in [0.717, 1.165) is 0 Å². The van der Waals surface area contributed by atoms with E-state index in [-0.39, 0.29) is 0 Å². The zero-order valence-corrected chi connectivity index (χ0v) is 7.13. The smallest absolute Gasteiger partial charge is 0.236 e. The summed E-state index contributed by atoms with van der Waals surface area (Å²) in [6.07, 6.45) is -5.59. The van der Waals surface area contributed by atoms with Crippen molar-refractivity contribution in [2.75, 3.05) is 0 Å². The van der Waals surface area contributed by atoms with Crippen molar-refractivity contribution in [2.24, 2.45) is 0 Å². The third-order valence-corrected chi connectivity index (χ3v) is 2.05. The fourth-order valence-electron chi connectivity index (χ4n) is 1.02. The third kappa shape index (κ3) is 1.32. The van der Waals surface area contributed by atoms with E-state index in [9.17, 15) is 39.5 Å². The lowest BCUT2D eigenvalue weighted by molar-refractivity contribution is -0.358. The minimum Gasteiger partial charge on any atom is -0.236 e. The highest BCUT2D eigenvalue weighted by Gasteiger charge is 2.82. The Kier molecular flexibility index (Phi) is 2.53. The predicted molar refractivity (Wildman–Crippen MR) is 33.8 cm³/mol. The minimum absolute atomic E-state index is 0.700. The molecule has 0 heterocycles. The normalized spacial score (nSPS) is 34.4. The van der Waals surface area contributed by atoms with Crippen LogP contribution >= 0.6 is 0 Å². The molecule has 0 saturated carbocycles. The van der Waals surface area contributed by atoms with Crippen LogP contribution < -0.4 is 0 Å². The maximum atomic E-state index is 12.5. The lowest BCUT2D eigenvalue weighted by atomic mass is 10.00.